The Morgan fingerprint density at radius 2 is 2.20 bits per heavy atom. The van der Waals surface area contributed by atoms with Gasteiger partial charge in [-0.3, -0.25) is 4.79 Å². The van der Waals surface area contributed by atoms with Crippen LogP contribution < -0.4 is 0 Å². The van der Waals surface area contributed by atoms with Gasteiger partial charge in [-0.05, 0) is 0 Å². The Bertz CT molecular complexity index is 156. The maximum atomic E-state index is 12.7. The molecule has 3 heteroatoms. The summed E-state index contributed by atoms with van der Waals surface area (Å²) in [5, 5.41) is 0. The molecule has 1 fully saturated rings. The second kappa shape index (κ2) is 2.31. The predicted molar refractivity (Wildman–Crippen MR) is 36.4 cm³/mol. The number of hydrogen-bond acceptors (Lipinski definition) is 1. The van der Waals surface area contributed by atoms with Crippen LogP contribution in [0.4, 0.5) is 4.39 Å². The van der Waals surface area contributed by atoms with Gasteiger partial charge < -0.3 is 4.48 Å². The number of rotatable bonds is 0. The summed E-state index contributed by atoms with van der Waals surface area (Å²) in [5.41, 5.74) is 0. The first-order chi connectivity index (χ1) is 4.51. The molecule has 0 amide bonds. The van der Waals surface area contributed by atoms with Crippen LogP contribution in [0.5, 0.6) is 0 Å². The van der Waals surface area contributed by atoms with Crippen LogP contribution in [-0.2, 0) is 4.79 Å². The molecule has 1 heterocycles. The van der Waals surface area contributed by atoms with E-state index in [2.05, 4.69) is 0 Å². The van der Waals surface area contributed by atoms with Crippen molar-refractivity contribution >= 4 is 5.78 Å². The number of halogens is 1. The summed E-state index contributed by atoms with van der Waals surface area (Å²) in [4.78, 5) is 10.7. The van der Waals surface area contributed by atoms with Gasteiger partial charge in [-0.15, -0.1) is 0 Å². The van der Waals surface area contributed by atoms with Crippen LogP contribution >= 0.6 is 0 Å². The highest BCUT2D eigenvalue weighted by Crippen LogP contribution is 2.13. The molecule has 1 aliphatic heterocycles. The normalized spacial score (nSPS) is 32.3. The first-order valence-electron chi connectivity index (χ1n) is 3.50. The molecule has 0 aliphatic carbocycles. The van der Waals surface area contributed by atoms with Crippen molar-refractivity contribution in [2.45, 2.75) is 12.6 Å². The molecule has 1 atom stereocenters. The lowest BCUT2D eigenvalue weighted by molar-refractivity contribution is -0.893. The fraction of sp³-hybridized carbons (Fsp3) is 0.857. The van der Waals surface area contributed by atoms with Crippen LogP contribution in [0.1, 0.15) is 6.42 Å². The van der Waals surface area contributed by atoms with E-state index in [0.717, 1.165) is 6.54 Å². The maximum Gasteiger partial charge on any atom is 0.207 e. The number of Topliss-reactive ketones (excluding diaryl/α,β-unsaturated/α-hetero) is 1. The zero-order valence-electron chi connectivity index (χ0n) is 6.43. The molecule has 0 aromatic rings. The van der Waals surface area contributed by atoms with Crippen LogP contribution in [-0.4, -0.2) is 43.6 Å². The number of likely N-dealkylation sites (tertiary alicyclic amines) is 1. The SMILES string of the molecule is C[N+]1(C)CCC(=O)C(F)C1. The van der Waals surface area contributed by atoms with Crippen molar-refractivity contribution in [2.24, 2.45) is 0 Å². The molecule has 58 valence electrons. The van der Waals surface area contributed by atoms with E-state index in [1.807, 2.05) is 14.1 Å². The molecule has 0 aromatic carbocycles. The van der Waals surface area contributed by atoms with Gasteiger partial charge in [0.05, 0.1) is 27.1 Å². The summed E-state index contributed by atoms with van der Waals surface area (Å²) in [5.74, 6) is -0.225. The van der Waals surface area contributed by atoms with Crippen LogP contribution in [0.15, 0.2) is 0 Å². The molecule has 0 radical (unpaired) electrons. The van der Waals surface area contributed by atoms with E-state index in [0.29, 0.717) is 17.4 Å². The van der Waals surface area contributed by atoms with Crippen molar-refractivity contribution in [3.05, 3.63) is 0 Å². The summed E-state index contributed by atoms with van der Waals surface area (Å²) in [6.07, 6.45) is -0.822. The Hall–Kier alpha value is -0.440. The first kappa shape index (κ1) is 7.66. The number of alkyl halides is 1. The highest BCUT2D eigenvalue weighted by molar-refractivity contribution is 5.83. The lowest BCUT2D eigenvalue weighted by Crippen LogP contribution is -2.52. The third kappa shape index (κ3) is 1.53. The molecule has 0 N–H and O–H groups in total. The van der Waals surface area contributed by atoms with E-state index >= 15 is 0 Å². The Balaban J connectivity index is 2.57. The zero-order valence-corrected chi connectivity index (χ0v) is 6.43. The van der Waals surface area contributed by atoms with Crippen molar-refractivity contribution in [3.63, 3.8) is 0 Å². The maximum absolute atomic E-state index is 12.7. The molecule has 10 heavy (non-hydrogen) atoms. The van der Waals surface area contributed by atoms with Crippen LogP contribution in [0, 0.1) is 0 Å². The van der Waals surface area contributed by atoms with Crippen LogP contribution in [0.3, 0.4) is 0 Å². The Morgan fingerprint density at radius 1 is 1.60 bits per heavy atom. The van der Waals surface area contributed by atoms with E-state index in [-0.39, 0.29) is 5.78 Å². The van der Waals surface area contributed by atoms with Crippen molar-refractivity contribution in [2.75, 3.05) is 27.2 Å². The molecule has 0 saturated carbocycles. The zero-order chi connectivity index (χ0) is 7.78. The number of piperidine rings is 1. The lowest BCUT2D eigenvalue weighted by Gasteiger charge is -2.34. The van der Waals surface area contributed by atoms with Crippen molar-refractivity contribution in [3.8, 4) is 0 Å². The number of carbonyl (C=O) groups is 1. The summed E-state index contributed by atoms with van der Waals surface area (Å²) in [6, 6.07) is 0. The Morgan fingerprint density at radius 3 is 2.60 bits per heavy atom. The number of ketones is 1. The average Bonchev–Trinajstić information content (AvgIpc) is 1.79. The molecular weight excluding hydrogens is 133 g/mol. The summed E-state index contributed by atoms with van der Waals surface area (Å²) >= 11 is 0. The van der Waals surface area contributed by atoms with E-state index < -0.39 is 6.17 Å². The van der Waals surface area contributed by atoms with Gasteiger partial charge in [-0.25, -0.2) is 4.39 Å². The molecule has 1 unspecified atom stereocenters. The average molecular weight is 146 g/mol. The predicted octanol–water partition coefficient (Wildman–Crippen LogP) is 0.374. The molecule has 2 nitrogen and oxygen atoms in total. The van der Waals surface area contributed by atoms with Gasteiger partial charge in [0.1, 0.15) is 6.54 Å². The van der Waals surface area contributed by atoms with Gasteiger partial charge in [0.15, 0.2) is 5.78 Å². The molecule has 0 bridgehead atoms. The van der Waals surface area contributed by atoms with Crippen molar-refractivity contribution in [1.29, 1.82) is 0 Å². The smallest absolute Gasteiger partial charge is 0.207 e. The summed E-state index contributed by atoms with van der Waals surface area (Å²) in [7, 11) is 3.89. The quantitative estimate of drug-likeness (QED) is 0.451. The Labute approximate surface area is 60.2 Å². The number of carbonyl (C=O) groups excluding carboxylic acids is 1. The minimum absolute atomic E-state index is 0.225. The highest BCUT2D eigenvalue weighted by atomic mass is 19.1. The molecule has 0 aromatic heterocycles. The fourth-order valence-electron chi connectivity index (χ4n) is 1.20. The van der Waals surface area contributed by atoms with E-state index in [4.69, 9.17) is 0 Å². The second-order valence-corrected chi connectivity index (χ2v) is 3.53. The highest BCUT2D eigenvalue weighted by Gasteiger charge is 2.33. The van der Waals surface area contributed by atoms with Gasteiger partial charge in [-0.1, -0.05) is 0 Å². The Kier molecular flexibility index (Phi) is 1.77. The molecular formula is C7H13FNO+. The molecule has 1 rings (SSSR count). The third-order valence-corrected chi connectivity index (χ3v) is 1.97. The van der Waals surface area contributed by atoms with E-state index in [1.54, 1.807) is 0 Å². The first-order valence-corrected chi connectivity index (χ1v) is 3.50. The van der Waals surface area contributed by atoms with Crippen molar-refractivity contribution < 1.29 is 13.7 Å². The summed E-state index contributed by atoms with van der Waals surface area (Å²) in [6.45, 7) is 1.12. The standard InChI is InChI=1S/C7H13FNO/c1-9(2)4-3-7(10)6(8)5-9/h6H,3-5H2,1-2H3/q+1. The minimum atomic E-state index is -1.22. The number of nitrogens with zero attached hydrogens (tertiary/aromatic N) is 1. The van der Waals surface area contributed by atoms with Gasteiger partial charge in [0.25, 0.3) is 0 Å². The lowest BCUT2D eigenvalue weighted by atomic mass is 10.1. The third-order valence-electron chi connectivity index (χ3n) is 1.97. The summed E-state index contributed by atoms with van der Waals surface area (Å²) < 4.78 is 13.3. The van der Waals surface area contributed by atoms with Crippen LogP contribution in [0.25, 0.3) is 0 Å². The van der Waals surface area contributed by atoms with Gasteiger partial charge >= 0.3 is 0 Å². The van der Waals surface area contributed by atoms with Gasteiger partial charge in [-0.2, -0.15) is 0 Å². The minimum Gasteiger partial charge on any atom is -0.325 e. The van der Waals surface area contributed by atoms with Crippen LogP contribution in [0.2, 0.25) is 0 Å². The number of quaternary nitrogens is 1. The molecule has 1 saturated heterocycles. The van der Waals surface area contributed by atoms with E-state index in [1.165, 1.54) is 0 Å². The molecule has 1 aliphatic rings. The van der Waals surface area contributed by atoms with Gasteiger partial charge in [0.2, 0.25) is 6.17 Å². The molecule has 0 spiro atoms. The van der Waals surface area contributed by atoms with Gasteiger partial charge in [0, 0.05) is 0 Å². The number of hydrogen-bond donors (Lipinski definition) is 0. The second-order valence-electron chi connectivity index (χ2n) is 3.53. The fourth-order valence-corrected chi connectivity index (χ4v) is 1.20. The van der Waals surface area contributed by atoms with Crippen molar-refractivity contribution in [1.82, 2.24) is 0 Å². The van der Waals surface area contributed by atoms with E-state index in [9.17, 15) is 9.18 Å². The topological polar surface area (TPSA) is 17.1 Å². The monoisotopic (exact) mass is 146 g/mol. The largest absolute Gasteiger partial charge is 0.325 e.